The van der Waals surface area contributed by atoms with E-state index in [2.05, 4.69) is 10.1 Å². The highest BCUT2D eigenvalue weighted by atomic mass is 19.4. The quantitative estimate of drug-likeness (QED) is 0.912. The predicted molar refractivity (Wildman–Crippen MR) is 74.4 cm³/mol. The Hall–Kier alpha value is -2.65. The van der Waals surface area contributed by atoms with Gasteiger partial charge in [0.15, 0.2) is 0 Å². The summed E-state index contributed by atoms with van der Waals surface area (Å²) in [6.07, 6.45) is -2.07. The molecule has 1 atom stereocenters. The van der Waals surface area contributed by atoms with E-state index in [1.165, 1.54) is 6.07 Å². The molecule has 0 aliphatic carbocycles. The molecule has 0 unspecified atom stereocenters. The van der Waals surface area contributed by atoms with E-state index in [0.717, 1.165) is 21.5 Å². The summed E-state index contributed by atoms with van der Waals surface area (Å²) in [5, 5.41) is 13.3. The summed E-state index contributed by atoms with van der Waals surface area (Å²) in [7, 11) is 0. The average Bonchev–Trinajstić information content (AvgIpc) is 2.83. The summed E-state index contributed by atoms with van der Waals surface area (Å²) in [4.78, 5) is 26.9. The number of nitrogens with zero attached hydrogens (tertiary/aromatic N) is 4. The molecular weight excluding hydrogens is 329 g/mol. The summed E-state index contributed by atoms with van der Waals surface area (Å²) in [6.45, 7) is -0.0731. The van der Waals surface area contributed by atoms with Gasteiger partial charge in [0.05, 0.1) is 6.54 Å². The maximum Gasteiger partial charge on any atom is 0.433 e. The van der Waals surface area contributed by atoms with E-state index in [9.17, 15) is 27.9 Å². The highest BCUT2D eigenvalue weighted by Gasteiger charge is 2.32. The number of aryl methyl sites for hydroxylation is 1. The van der Waals surface area contributed by atoms with Crippen LogP contribution in [0.15, 0.2) is 23.1 Å². The van der Waals surface area contributed by atoms with Crippen molar-refractivity contribution in [2.75, 3.05) is 0 Å². The lowest BCUT2D eigenvalue weighted by molar-refractivity contribution is -0.142. The summed E-state index contributed by atoms with van der Waals surface area (Å²) in [6, 6.07) is 1.09. The Balaban J connectivity index is 1.89. The van der Waals surface area contributed by atoms with Crippen molar-refractivity contribution in [1.29, 1.82) is 0 Å². The number of halogens is 3. The minimum Gasteiger partial charge on any atom is -0.480 e. The molecule has 1 N–H and O–H groups in total. The molecule has 0 amide bonds. The second-order valence-electron chi connectivity index (χ2n) is 5.52. The fourth-order valence-corrected chi connectivity index (χ4v) is 2.73. The molecule has 2 aromatic heterocycles. The van der Waals surface area contributed by atoms with E-state index in [-0.39, 0.29) is 6.54 Å². The van der Waals surface area contributed by atoms with Gasteiger partial charge in [0.25, 0.3) is 0 Å². The molecule has 0 radical (unpaired) electrons. The van der Waals surface area contributed by atoms with Crippen LogP contribution in [0, 0.1) is 0 Å². The van der Waals surface area contributed by atoms with Gasteiger partial charge in [0.2, 0.25) is 0 Å². The highest BCUT2D eigenvalue weighted by molar-refractivity contribution is 5.72. The molecule has 10 heteroatoms. The number of rotatable bonds is 3. The van der Waals surface area contributed by atoms with Crippen LogP contribution < -0.4 is 5.69 Å². The maximum atomic E-state index is 12.5. The smallest absolute Gasteiger partial charge is 0.433 e. The Morgan fingerprint density at radius 1 is 1.38 bits per heavy atom. The number of carboxylic acid groups (broad SMARTS) is 1. The van der Waals surface area contributed by atoms with Gasteiger partial charge in [-0.2, -0.15) is 18.3 Å². The number of hydrogen-bond donors (Lipinski definition) is 1. The monoisotopic (exact) mass is 342 g/mol. The first-order chi connectivity index (χ1) is 11.3. The van der Waals surface area contributed by atoms with Crippen LogP contribution >= 0.6 is 0 Å². The first kappa shape index (κ1) is 16.2. The summed E-state index contributed by atoms with van der Waals surface area (Å²) in [5.74, 6) is -0.729. The van der Waals surface area contributed by atoms with Crippen molar-refractivity contribution in [3.05, 3.63) is 45.9 Å². The van der Waals surface area contributed by atoms with Gasteiger partial charge in [0, 0.05) is 12.6 Å². The summed E-state index contributed by atoms with van der Waals surface area (Å²) >= 11 is 0. The molecule has 2 aromatic rings. The van der Waals surface area contributed by atoms with Crippen LogP contribution in [0.3, 0.4) is 0 Å². The Morgan fingerprint density at radius 3 is 2.71 bits per heavy atom. The van der Waals surface area contributed by atoms with Gasteiger partial charge in [-0.3, -0.25) is 9.55 Å². The molecule has 1 aliphatic rings. The van der Waals surface area contributed by atoms with Crippen molar-refractivity contribution in [1.82, 2.24) is 19.3 Å². The van der Waals surface area contributed by atoms with Crippen LogP contribution in [0.4, 0.5) is 13.2 Å². The molecule has 3 rings (SSSR count). The lowest BCUT2D eigenvalue weighted by Crippen LogP contribution is -2.34. The van der Waals surface area contributed by atoms with Gasteiger partial charge < -0.3 is 5.11 Å². The third kappa shape index (κ3) is 2.91. The highest BCUT2D eigenvalue weighted by Crippen LogP contribution is 2.27. The topological polar surface area (TPSA) is 90.0 Å². The molecule has 0 saturated heterocycles. The molecule has 3 heterocycles. The van der Waals surface area contributed by atoms with Crippen molar-refractivity contribution < 1.29 is 23.1 Å². The predicted octanol–water partition coefficient (Wildman–Crippen LogP) is 1.47. The SMILES string of the molecule is O=C(O)[C@@H]1CCCc2nn(Cc3ccc(C(F)(F)F)nc3)c(=O)n21. The van der Waals surface area contributed by atoms with Crippen molar-refractivity contribution in [3.8, 4) is 0 Å². The minimum atomic E-state index is -4.53. The van der Waals surface area contributed by atoms with Crippen LogP contribution in [-0.4, -0.2) is 30.4 Å². The molecule has 1 aliphatic heterocycles. The van der Waals surface area contributed by atoms with Crippen molar-refractivity contribution in [2.24, 2.45) is 0 Å². The zero-order chi connectivity index (χ0) is 17.5. The molecule has 0 spiro atoms. The normalized spacial score (nSPS) is 17.5. The largest absolute Gasteiger partial charge is 0.480 e. The number of aliphatic carboxylic acids is 1. The number of alkyl halides is 3. The van der Waals surface area contributed by atoms with Crippen LogP contribution in [-0.2, 0) is 23.9 Å². The molecule has 0 fully saturated rings. The molecule has 0 saturated carbocycles. The fraction of sp³-hybridized carbons (Fsp3) is 0.429. The van der Waals surface area contributed by atoms with Gasteiger partial charge in [-0.15, -0.1) is 0 Å². The van der Waals surface area contributed by atoms with Gasteiger partial charge >= 0.3 is 17.8 Å². The standard InChI is InChI=1S/C14H13F3N4O3/c15-14(16,17)10-5-4-8(6-18-10)7-20-13(24)21-9(12(22)23)2-1-3-11(21)19-20/h4-6,9H,1-3,7H2,(H,22,23)/t9-/m0/s1. The fourth-order valence-electron chi connectivity index (χ4n) is 2.73. The van der Waals surface area contributed by atoms with Crippen LogP contribution in [0.1, 0.15) is 36.0 Å². The number of carboxylic acids is 1. The molecule has 0 bridgehead atoms. The maximum absolute atomic E-state index is 12.5. The zero-order valence-electron chi connectivity index (χ0n) is 12.3. The van der Waals surface area contributed by atoms with E-state index in [1.54, 1.807) is 0 Å². The number of fused-ring (bicyclic) bond motifs is 1. The van der Waals surface area contributed by atoms with E-state index in [4.69, 9.17) is 0 Å². The Bertz CT molecular complexity index is 823. The van der Waals surface area contributed by atoms with Crippen molar-refractivity contribution in [2.45, 2.75) is 38.0 Å². The van der Waals surface area contributed by atoms with Gasteiger partial charge in [0.1, 0.15) is 17.6 Å². The lowest BCUT2D eigenvalue weighted by Gasteiger charge is -2.19. The van der Waals surface area contributed by atoms with Crippen LogP contribution in [0.25, 0.3) is 0 Å². The summed E-state index contributed by atoms with van der Waals surface area (Å²) in [5.41, 5.74) is -1.24. The number of hydrogen-bond acceptors (Lipinski definition) is 4. The van der Waals surface area contributed by atoms with Crippen LogP contribution in [0.2, 0.25) is 0 Å². The van der Waals surface area contributed by atoms with E-state index >= 15 is 0 Å². The third-order valence-electron chi connectivity index (χ3n) is 3.86. The molecule has 0 aromatic carbocycles. The second kappa shape index (κ2) is 5.77. The minimum absolute atomic E-state index is 0.0731. The van der Waals surface area contributed by atoms with E-state index in [0.29, 0.717) is 30.7 Å². The molecule has 128 valence electrons. The molecule has 7 nitrogen and oxygen atoms in total. The Kier molecular flexibility index (Phi) is 3.90. The summed E-state index contributed by atoms with van der Waals surface area (Å²) < 4.78 is 39.7. The van der Waals surface area contributed by atoms with Crippen molar-refractivity contribution in [3.63, 3.8) is 0 Å². The Morgan fingerprint density at radius 2 is 2.12 bits per heavy atom. The first-order valence-corrected chi connectivity index (χ1v) is 7.20. The van der Waals surface area contributed by atoms with Crippen LogP contribution in [0.5, 0.6) is 0 Å². The number of pyridine rings is 1. The van der Waals surface area contributed by atoms with E-state index in [1.807, 2.05) is 0 Å². The second-order valence-corrected chi connectivity index (χ2v) is 5.52. The zero-order valence-corrected chi connectivity index (χ0v) is 12.3. The Labute approximate surface area is 133 Å². The first-order valence-electron chi connectivity index (χ1n) is 7.20. The van der Waals surface area contributed by atoms with Crippen molar-refractivity contribution >= 4 is 5.97 Å². The lowest BCUT2D eigenvalue weighted by atomic mass is 10.1. The average molecular weight is 342 g/mol. The molecular formula is C14H13F3N4O3. The van der Waals surface area contributed by atoms with Gasteiger partial charge in [-0.05, 0) is 24.5 Å². The number of carbonyl (C=O) groups is 1. The third-order valence-corrected chi connectivity index (χ3v) is 3.86. The number of aromatic nitrogens is 4. The van der Waals surface area contributed by atoms with Gasteiger partial charge in [-0.25, -0.2) is 14.3 Å². The van der Waals surface area contributed by atoms with E-state index < -0.39 is 29.6 Å². The molecule has 24 heavy (non-hydrogen) atoms. The van der Waals surface area contributed by atoms with Gasteiger partial charge in [-0.1, -0.05) is 6.07 Å².